The van der Waals surface area contributed by atoms with Crippen LogP contribution in [0.3, 0.4) is 0 Å². The summed E-state index contributed by atoms with van der Waals surface area (Å²) in [5.41, 5.74) is 1.79. The normalized spacial score (nSPS) is 19.8. The van der Waals surface area contributed by atoms with E-state index in [0.29, 0.717) is 18.7 Å². The van der Waals surface area contributed by atoms with Crippen molar-refractivity contribution in [3.05, 3.63) is 24.3 Å². The predicted octanol–water partition coefficient (Wildman–Crippen LogP) is 1.92. The third-order valence-corrected chi connectivity index (χ3v) is 5.53. The summed E-state index contributed by atoms with van der Waals surface area (Å²) in [6.07, 6.45) is 4.68. The zero-order valence-electron chi connectivity index (χ0n) is 10.3. The molecule has 0 aromatic carbocycles. The van der Waals surface area contributed by atoms with Gasteiger partial charge < -0.3 is 4.57 Å². The lowest BCUT2D eigenvalue weighted by molar-refractivity contribution is 0.450. The lowest BCUT2D eigenvalue weighted by Crippen LogP contribution is -2.26. The monoisotopic (exact) mass is 299 g/mol. The largest absolute Gasteiger partial charge is 0.324 e. The van der Waals surface area contributed by atoms with Crippen LogP contribution in [-0.2, 0) is 15.7 Å². The van der Waals surface area contributed by atoms with Crippen LogP contribution >= 0.6 is 11.6 Å². The lowest BCUT2D eigenvalue weighted by atomic mass is 10.1. The van der Waals surface area contributed by atoms with Crippen LogP contribution < -0.4 is 0 Å². The first-order chi connectivity index (χ1) is 9.11. The van der Waals surface area contributed by atoms with Gasteiger partial charge in [-0.25, -0.2) is 13.4 Å². The molecule has 5 nitrogen and oxygen atoms in total. The topological polar surface area (TPSA) is 64.8 Å². The van der Waals surface area contributed by atoms with Crippen LogP contribution in [0.25, 0.3) is 11.0 Å². The summed E-state index contributed by atoms with van der Waals surface area (Å²) in [7, 11) is -2.86. The molecule has 0 amide bonds. The van der Waals surface area contributed by atoms with Crippen LogP contribution in [0, 0.1) is 0 Å². The first-order valence-electron chi connectivity index (χ1n) is 6.18. The van der Waals surface area contributed by atoms with Crippen molar-refractivity contribution in [1.29, 1.82) is 0 Å². The molecule has 2 aromatic heterocycles. The minimum absolute atomic E-state index is 0.157. The number of rotatable bonds is 2. The van der Waals surface area contributed by atoms with E-state index in [1.807, 2.05) is 6.07 Å². The molecule has 0 atom stereocenters. The Labute approximate surface area is 116 Å². The molecule has 1 saturated heterocycles. The number of hydrogen-bond donors (Lipinski definition) is 0. The molecule has 1 fully saturated rings. The number of fused-ring (bicyclic) bond motifs is 1. The maximum atomic E-state index is 11.5. The van der Waals surface area contributed by atoms with Crippen LogP contribution in [0.2, 0.25) is 0 Å². The molecule has 19 heavy (non-hydrogen) atoms. The van der Waals surface area contributed by atoms with Crippen molar-refractivity contribution >= 4 is 32.5 Å². The standard InChI is InChI=1S/C12H14ClN3O2S/c13-7-12-15-10-8-14-4-1-11(10)16(12)9-2-5-19(17,18)6-3-9/h1,4,8-9H,2-3,5-7H2. The van der Waals surface area contributed by atoms with Crippen molar-refractivity contribution in [2.24, 2.45) is 0 Å². The summed E-state index contributed by atoms with van der Waals surface area (Å²) in [6, 6.07) is 2.06. The number of hydrogen-bond acceptors (Lipinski definition) is 4. The Morgan fingerprint density at radius 2 is 2.11 bits per heavy atom. The summed E-state index contributed by atoms with van der Waals surface area (Å²) in [4.78, 5) is 8.52. The molecular formula is C12H14ClN3O2S. The van der Waals surface area contributed by atoms with Gasteiger partial charge in [0.05, 0.1) is 29.1 Å². The third kappa shape index (κ3) is 2.34. The van der Waals surface area contributed by atoms with Gasteiger partial charge in [0, 0.05) is 12.2 Å². The van der Waals surface area contributed by atoms with Crippen molar-refractivity contribution in [2.75, 3.05) is 11.5 Å². The summed E-state index contributed by atoms with van der Waals surface area (Å²) >= 11 is 5.96. The molecule has 1 aliphatic rings. The number of nitrogens with zero attached hydrogens (tertiary/aromatic N) is 3. The Morgan fingerprint density at radius 1 is 1.37 bits per heavy atom. The second kappa shape index (κ2) is 4.76. The molecule has 0 spiro atoms. The van der Waals surface area contributed by atoms with Crippen LogP contribution in [0.5, 0.6) is 0 Å². The van der Waals surface area contributed by atoms with E-state index >= 15 is 0 Å². The van der Waals surface area contributed by atoms with Gasteiger partial charge in [0.1, 0.15) is 21.2 Å². The van der Waals surface area contributed by atoms with Gasteiger partial charge in [0.25, 0.3) is 0 Å². The molecule has 2 aromatic rings. The predicted molar refractivity (Wildman–Crippen MR) is 74.0 cm³/mol. The molecule has 0 aliphatic carbocycles. The van der Waals surface area contributed by atoms with Gasteiger partial charge in [0.2, 0.25) is 0 Å². The molecule has 7 heteroatoms. The molecule has 0 bridgehead atoms. The smallest absolute Gasteiger partial charge is 0.150 e. The van der Waals surface area contributed by atoms with Gasteiger partial charge >= 0.3 is 0 Å². The van der Waals surface area contributed by atoms with Crippen LogP contribution in [-0.4, -0.2) is 34.5 Å². The van der Waals surface area contributed by atoms with E-state index in [1.165, 1.54) is 0 Å². The summed E-state index contributed by atoms with van der Waals surface area (Å²) in [6.45, 7) is 0. The SMILES string of the molecule is O=S1(=O)CCC(n2c(CCl)nc3cnccc32)CC1. The van der Waals surface area contributed by atoms with Crippen molar-refractivity contribution in [1.82, 2.24) is 14.5 Å². The maximum absolute atomic E-state index is 11.5. The first-order valence-corrected chi connectivity index (χ1v) is 8.53. The highest BCUT2D eigenvalue weighted by Crippen LogP contribution is 2.29. The first kappa shape index (κ1) is 12.9. The summed E-state index contributed by atoms with van der Waals surface area (Å²) < 4.78 is 25.1. The maximum Gasteiger partial charge on any atom is 0.150 e. The van der Waals surface area contributed by atoms with Crippen molar-refractivity contribution < 1.29 is 8.42 Å². The molecule has 0 unspecified atom stereocenters. The van der Waals surface area contributed by atoms with E-state index in [2.05, 4.69) is 14.5 Å². The lowest BCUT2D eigenvalue weighted by Gasteiger charge is -2.25. The molecular weight excluding hydrogens is 286 g/mol. The number of pyridine rings is 1. The van der Waals surface area contributed by atoms with E-state index in [1.54, 1.807) is 12.4 Å². The third-order valence-electron chi connectivity index (χ3n) is 3.57. The van der Waals surface area contributed by atoms with Gasteiger partial charge in [-0.15, -0.1) is 11.6 Å². The van der Waals surface area contributed by atoms with Gasteiger partial charge in [-0.3, -0.25) is 4.98 Å². The van der Waals surface area contributed by atoms with Crippen molar-refractivity contribution in [3.8, 4) is 0 Å². The highest BCUT2D eigenvalue weighted by molar-refractivity contribution is 7.91. The molecule has 0 radical (unpaired) electrons. The summed E-state index contributed by atoms with van der Waals surface area (Å²) in [5.74, 6) is 1.58. The van der Waals surface area contributed by atoms with Crippen LogP contribution in [0.1, 0.15) is 24.7 Å². The fraction of sp³-hybridized carbons (Fsp3) is 0.500. The van der Waals surface area contributed by atoms with Crippen LogP contribution in [0.15, 0.2) is 18.5 Å². The van der Waals surface area contributed by atoms with Gasteiger partial charge in [-0.2, -0.15) is 0 Å². The fourth-order valence-corrected chi connectivity index (χ4v) is 4.29. The average molecular weight is 300 g/mol. The zero-order valence-corrected chi connectivity index (χ0v) is 11.9. The van der Waals surface area contributed by atoms with Crippen LogP contribution in [0.4, 0.5) is 0 Å². The van der Waals surface area contributed by atoms with E-state index in [9.17, 15) is 8.42 Å². The Bertz CT molecular complexity index is 697. The Morgan fingerprint density at radius 3 is 2.79 bits per heavy atom. The number of imidazole rings is 1. The molecule has 1 aliphatic heterocycles. The molecule has 102 valence electrons. The minimum atomic E-state index is -2.86. The Kier molecular flexibility index (Phi) is 3.22. The van der Waals surface area contributed by atoms with Crippen molar-refractivity contribution in [3.63, 3.8) is 0 Å². The molecule has 3 rings (SSSR count). The number of aromatic nitrogens is 3. The van der Waals surface area contributed by atoms with E-state index in [4.69, 9.17) is 11.6 Å². The zero-order chi connectivity index (χ0) is 13.5. The van der Waals surface area contributed by atoms with Gasteiger partial charge in [-0.05, 0) is 18.9 Å². The number of sulfone groups is 1. The highest BCUT2D eigenvalue weighted by atomic mass is 35.5. The second-order valence-corrected chi connectivity index (χ2v) is 7.35. The minimum Gasteiger partial charge on any atom is -0.324 e. The molecule has 0 N–H and O–H groups in total. The van der Waals surface area contributed by atoms with Gasteiger partial charge in [0.15, 0.2) is 0 Å². The van der Waals surface area contributed by atoms with Gasteiger partial charge in [-0.1, -0.05) is 0 Å². The molecule has 0 saturated carbocycles. The summed E-state index contributed by atoms with van der Waals surface area (Å²) in [5, 5.41) is 0. The highest BCUT2D eigenvalue weighted by Gasteiger charge is 2.27. The van der Waals surface area contributed by atoms with E-state index in [0.717, 1.165) is 16.9 Å². The van der Waals surface area contributed by atoms with E-state index < -0.39 is 9.84 Å². The Balaban J connectivity index is 2.04. The Hall–Kier alpha value is -1.14. The number of alkyl halides is 1. The molecule has 3 heterocycles. The fourth-order valence-electron chi connectivity index (χ4n) is 2.64. The average Bonchev–Trinajstić information content (AvgIpc) is 2.77. The quantitative estimate of drug-likeness (QED) is 0.795. The van der Waals surface area contributed by atoms with Crippen molar-refractivity contribution in [2.45, 2.75) is 24.8 Å². The second-order valence-electron chi connectivity index (χ2n) is 4.78. The number of halogens is 1. The van der Waals surface area contributed by atoms with E-state index in [-0.39, 0.29) is 17.5 Å².